The van der Waals surface area contributed by atoms with Crippen molar-refractivity contribution in [2.45, 2.75) is 32.2 Å². The predicted octanol–water partition coefficient (Wildman–Crippen LogP) is 4.00. The fourth-order valence-corrected chi connectivity index (χ4v) is 4.90. The number of imidazole rings is 1. The van der Waals surface area contributed by atoms with E-state index in [0.717, 1.165) is 39.2 Å². The minimum Gasteiger partial charge on any atom is -0.307 e. The molecular formula is C23H24N4O2S. The van der Waals surface area contributed by atoms with Crippen LogP contribution in [0, 0.1) is 20.8 Å². The highest BCUT2D eigenvalue weighted by molar-refractivity contribution is 7.89. The van der Waals surface area contributed by atoms with Crippen LogP contribution in [0.4, 0.5) is 0 Å². The quantitative estimate of drug-likeness (QED) is 0.511. The standard InChI is InChI=1S/C23H24N4O2S/c1-16-14-18(3)21(15-17(16)2)30(28,29)25-12-13-27-22(19-8-5-4-6-9-19)26-20-10-7-11-24-23(20)27/h4-11,14-15,25H,12-13H2,1-3H3. The molecule has 0 aliphatic carbocycles. The van der Waals surface area contributed by atoms with Gasteiger partial charge in [-0.1, -0.05) is 36.4 Å². The fourth-order valence-electron chi connectivity index (χ4n) is 3.57. The first-order chi connectivity index (χ1) is 14.4. The smallest absolute Gasteiger partial charge is 0.240 e. The van der Waals surface area contributed by atoms with Gasteiger partial charge in [0.05, 0.1) is 4.90 Å². The van der Waals surface area contributed by atoms with Crippen LogP contribution in [0.5, 0.6) is 0 Å². The number of nitrogens with zero attached hydrogens (tertiary/aromatic N) is 3. The molecule has 30 heavy (non-hydrogen) atoms. The Morgan fingerprint density at radius 1 is 0.933 bits per heavy atom. The Labute approximate surface area is 176 Å². The van der Waals surface area contributed by atoms with Crippen molar-refractivity contribution in [1.82, 2.24) is 19.3 Å². The van der Waals surface area contributed by atoms with Crippen molar-refractivity contribution >= 4 is 21.2 Å². The molecule has 6 nitrogen and oxygen atoms in total. The monoisotopic (exact) mass is 420 g/mol. The number of aromatic nitrogens is 3. The van der Waals surface area contributed by atoms with Crippen LogP contribution < -0.4 is 4.72 Å². The molecule has 0 bridgehead atoms. The zero-order valence-corrected chi connectivity index (χ0v) is 18.1. The largest absolute Gasteiger partial charge is 0.307 e. The number of fused-ring (bicyclic) bond motifs is 1. The van der Waals surface area contributed by atoms with Crippen molar-refractivity contribution < 1.29 is 8.42 Å². The maximum atomic E-state index is 12.9. The summed E-state index contributed by atoms with van der Waals surface area (Å²) >= 11 is 0. The van der Waals surface area contributed by atoms with Crippen LogP contribution in [-0.4, -0.2) is 29.5 Å². The lowest BCUT2D eigenvalue weighted by Crippen LogP contribution is -2.28. The average Bonchev–Trinajstić information content (AvgIpc) is 3.10. The summed E-state index contributed by atoms with van der Waals surface area (Å²) in [5.74, 6) is 0.769. The summed E-state index contributed by atoms with van der Waals surface area (Å²) in [6, 6.07) is 17.2. The lowest BCUT2D eigenvalue weighted by Gasteiger charge is -2.13. The number of pyridine rings is 1. The van der Waals surface area contributed by atoms with Crippen LogP contribution in [0.15, 0.2) is 65.7 Å². The van der Waals surface area contributed by atoms with Gasteiger partial charge in [0.25, 0.3) is 0 Å². The van der Waals surface area contributed by atoms with Crippen molar-refractivity contribution in [1.29, 1.82) is 0 Å². The topological polar surface area (TPSA) is 76.9 Å². The van der Waals surface area contributed by atoms with Crippen LogP contribution in [0.25, 0.3) is 22.6 Å². The van der Waals surface area contributed by atoms with E-state index < -0.39 is 10.0 Å². The molecule has 7 heteroatoms. The number of rotatable bonds is 6. The molecule has 0 spiro atoms. The van der Waals surface area contributed by atoms with Crippen molar-refractivity contribution in [3.05, 3.63) is 77.5 Å². The van der Waals surface area contributed by atoms with E-state index in [1.807, 2.05) is 73.9 Å². The van der Waals surface area contributed by atoms with Gasteiger partial charge in [0, 0.05) is 24.8 Å². The van der Waals surface area contributed by atoms with E-state index in [-0.39, 0.29) is 6.54 Å². The number of hydrogen-bond donors (Lipinski definition) is 1. The first-order valence-electron chi connectivity index (χ1n) is 9.81. The highest BCUT2D eigenvalue weighted by atomic mass is 32.2. The van der Waals surface area contributed by atoms with E-state index in [1.54, 1.807) is 12.3 Å². The lowest BCUT2D eigenvalue weighted by molar-refractivity contribution is 0.573. The Hall–Kier alpha value is -3.03. The van der Waals surface area contributed by atoms with Crippen LogP contribution >= 0.6 is 0 Å². The molecule has 2 aromatic heterocycles. The highest BCUT2D eigenvalue weighted by Gasteiger charge is 2.19. The maximum absolute atomic E-state index is 12.9. The molecule has 2 aromatic carbocycles. The molecule has 0 amide bonds. The van der Waals surface area contributed by atoms with Gasteiger partial charge in [0.2, 0.25) is 10.0 Å². The van der Waals surface area contributed by atoms with Gasteiger partial charge in [-0.15, -0.1) is 0 Å². The second kappa shape index (κ2) is 8.01. The van der Waals surface area contributed by atoms with E-state index in [4.69, 9.17) is 4.98 Å². The zero-order chi connectivity index (χ0) is 21.3. The number of hydrogen-bond acceptors (Lipinski definition) is 4. The SMILES string of the molecule is Cc1cc(C)c(S(=O)(=O)NCCn2c(-c3ccccc3)nc3cccnc32)cc1C. The summed E-state index contributed by atoms with van der Waals surface area (Å²) in [5, 5.41) is 0. The summed E-state index contributed by atoms with van der Waals surface area (Å²) in [7, 11) is -3.62. The van der Waals surface area contributed by atoms with E-state index in [1.165, 1.54) is 0 Å². The molecule has 0 aliphatic rings. The Balaban J connectivity index is 1.62. The minimum atomic E-state index is -3.62. The van der Waals surface area contributed by atoms with Crippen LogP contribution in [-0.2, 0) is 16.6 Å². The number of sulfonamides is 1. The normalized spacial score (nSPS) is 11.8. The fraction of sp³-hybridized carbons (Fsp3) is 0.217. The van der Waals surface area contributed by atoms with Crippen LogP contribution in [0.2, 0.25) is 0 Å². The Kier molecular flexibility index (Phi) is 5.40. The molecule has 0 radical (unpaired) electrons. The zero-order valence-electron chi connectivity index (χ0n) is 17.3. The minimum absolute atomic E-state index is 0.233. The van der Waals surface area contributed by atoms with Gasteiger partial charge in [0.15, 0.2) is 5.65 Å². The molecule has 0 aliphatic heterocycles. The Morgan fingerprint density at radius 3 is 2.43 bits per heavy atom. The van der Waals surface area contributed by atoms with Crippen molar-refractivity contribution in [3.8, 4) is 11.4 Å². The molecule has 4 aromatic rings. The molecule has 0 fully saturated rings. The maximum Gasteiger partial charge on any atom is 0.240 e. The first-order valence-corrected chi connectivity index (χ1v) is 11.3. The lowest BCUT2D eigenvalue weighted by atomic mass is 10.1. The van der Waals surface area contributed by atoms with Gasteiger partial charge in [-0.25, -0.2) is 23.1 Å². The molecular weight excluding hydrogens is 396 g/mol. The van der Waals surface area contributed by atoms with Crippen LogP contribution in [0.3, 0.4) is 0 Å². The van der Waals surface area contributed by atoms with Gasteiger partial charge < -0.3 is 4.57 Å². The van der Waals surface area contributed by atoms with Gasteiger partial charge in [-0.2, -0.15) is 0 Å². The van der Waals surface area contributed by atoms with Gasteiger partial charge in [0.1, 0.15) is 11.3 Å². The van der Waals surface area contributed by atoms with E-state index in [9.17, 15) is 8.42 Å². The second-order valence-corrected chi connectivity index (χ2v) is 9.13. The molecule has 154 valence electrons. The molecule has 0 unspecified atom stereocenters. The van der Waals surface area contributed by atoms with E-state index in [0.29, 0.717) is 11.4 Å². The molecule has 1 N–H and O–H groups in total. The molecule has 0 atom stereocenters. The first kappa shape index (κ1) is 20.3. The predicted molar refractivity (Wildman–Crippen MR) is 119 cm³/mol. The van der Waals surface area contributed by atoms with Gasteiger partial charge in [-0.05, 0) is 55.7 Å². The Bertz CT molecular complexity index is 1310. The third kappa shape index (κ3) is 3.86. The number of aryl methyl sites for hydroxylation is 3. The van der Waals surface area contributed by atoms with Crippen molar-refractivity contribution in [2.75, 3.05) is 6.54 Å². The second-order valence-electron chi connectivity index (χ2n) is 7.40. The summed E-state index contributed by atoms with van der Waals surface area (Å²) in [5.41, 5.74) is 5.25. The summed E-state index contributed by atoms with van der Waals surface area (Å²) in [6.45, 7) is 6.37. The Morgan fingerprint density at radius 2 is 1.67 bits per heavy atom. The molecule has 2 heterocycles. The van der Waals surface area contributed by atoms with Crippen LogP contribution in [0.1, 0.15) is 16.7 Å². The number of nitrogens with one attached hydrogen (secondary N) is 1. The van der Waals surface area contributed by atoms with Crippen molar-refractivity contribution in [2.24, 2.45) is 0 Å². The number of benzene rings is 2. The van der Waals surface area contributed by atoms with Gasteiger partial charge in [-0.3, -0.25) is 0 Å². The van der Waals surface area contributed by atoms with E-state index in [2.05, 4.69) is 9.71 Å². The van der Waals surface area contributed by atoms with Gasteiger partial charge >= 0.3 is 0 Å². The van der Waals surface area contributed by atoms with E-state index >= 15 is 0 Å². The average molecular weight is 421 g/mol. The third-order valence-electron chi connectivity index (χ3n) is 5.24. The summed E-state index contributed by atoms with van der Waals surface area (Å²) in [4.78, 5) is 9.50. The summed E-state index contributed by atoms with van der Waals surface area (Å²) in [6.07, 6.45) is 1.72. The molecule has 0 saturated heterocycles. The molecule has 4 rings (SSSR count). The van der Waals surface area contributed by atoms with Crippen molar-refractivity contribution in [3.63, 3.8) is 0 Å². The highest BCUT2D eigenvalue weighted by Crippen LogP contribution is 2.24. The third-order valence-corrected chi connectivity index (χ3v) is 6.85. The summed E-state index contributed by atoms with van der Waals surface area (Å²) < 4.78 is 30.5. The molecule has 0 saturated carbocycles.